The summed E-state index contributed by atoms with van der Waals surface area (Å²) in [5.74, 6) is -1.60. The number of aliphatic carboxylic acids is 2. The molecule has 0 aromatic carbocycles. The first-order valence-corrected chi connectivity index (χ1v) is 11.4. The minimum absolute atomic E-state index is 0. The summed E-state index contributed by atoms with van der Waals surface area (Å²) in [6, 6.07) is 0. The number of carboxylic acid groups (broad SMARTS) is 2. The molecular weight excluding hydrogens is 374 g/mol. The molecule has 4 nitrogen and oxygen atoms in total. The third-order valence-electron chi connectivity index (χ3n) is 5.06. The van der Waals surface area contributed by atoms with Crippen LogP contribution in [0.1, 0.15) is 117 Å². The van der Waals surface area contributed by atoms with Gasteiger partial charge in [0.25, 0.3) is 0 Å². The van der Waals surface area contributed by atoms with Crippen molar-refractivity contribution in [1.82, 2.24) is 0 Å². The predicted octanol–water partition coefficient (Wildman–Crippen LogP) is 5.98. The van der Waals surface area contributed by atoms with Gasteiger partial charge in [0.1, 0.15) is 6.42 Å². The van der Waals surface area contributed by atoms with E-state index in [1.807, 2.05) is 0 Å². The molecule has 0 aliphatic heterocycles. The Hall–Kier alpha value is 1.17. The first-order chi connectivity index (χ1) is 13.0. The summed E-state index contributed by atoms with van der Waals surface area (Å²) in [5, 5.41) is 16.8. The van der Waals surface area contributed by atoms with E-state index < -0.39 is 18.4 Å². The van der Waals surface area contributed by atoms with Crippen LogP contribution in [0.2, 0.25) is 5.09 Å². The van der Waals surface area contributed by atoms with E-state index in [-0.39, 0.29) is 51.4 Å². The van der Waals surface area contributed by atoms with Gasteiger partial charge in [-0.05, 0) is 0 Å². The number of rotatable bonds is 18. The van der Waals surface area contributed by atoms with Crippen molar-refractivity contribution in [3.8, 4) is 0 Å². The Labute approximate surface area is 226 Å². The van der Waals surface area contributed by atoms with Crippen LogP contribution in [-0.2, 0) is 9.59 Å². The monoisotopic (exact) mass is 418 g/mol. The zero-order chi connectivity index (χ0) is 20.8. The van der Waals surface area contributed by atoms with Crippen molar-refractivity contribution >= 4 is 81.0 Å². The van der Waals surface area contributed by atoms with Gasteiger partial charge in [-0.25, -0.2) is 0 Å². The van der Waals surface area contributed by atoms with Gasteiger partial charge in [0.05, 0.1) is 0 Å². The second-order valence-electron chi connectivity index (χ2n) is 7.70. The molecule has 0 aliphatic carbocycles. The first-order valence-electron chi connectivity index (χ1n) is 11.4. The van der Waals surface area contributed by atoms with Crippen LogP contribution in [0.5, 0.6) is 0 Å². The van der Waals surface area contributed by atoms with Crippen LogP contribution in [0.15, 0.2) is 0 Å². The predicted molar refractivity (Wildman–Crippen MR) is 122 cm³/mol. The van der Waals surface area contributed by atoms with Crippen LogP contribution in [-0.4, -0.2) is 91.3 Å². The average molecular weight is 419 g/mol. The van der Waals surface area contributed by atoms with Crippen LogP contribution in [0.25, 0.3) is 0 Å². The Kier molecular flexibility index (Phi) is 34.0. The quantitative estimate of drug-likeness (QED) is 0.163. The van der Waals surface area contributed by atoms with E-state index in [4.69, 9.17) is 10.2 Å². The maximum atomic E-state index is 9.43. The van der Waals surface area contributed by atoms with Crippen molar-refractivity contribution in [3.05, 3.63) is 0 Å². The smallest absolute Gasteiger partial charge is 0.0654 e. The Morgan fingerprint density at radius 2 is 1.00 bits per heavy atom. The van der Waals surface area contributed by atoms with Crippen LogP contribution in [0, 0.1) is 5.92 Å². The van der Waals surface area contributed by atoms with Gasteiger partial charge in [-0.3, -0.25) is 9.59 Å². The van der Waals surface area contributed by atoms with Gasteiger partial charge >= 0.3 is 189 Å². The normalized spacial score (nSPS) is 11.1. The molecule has 0 rings (SSSR count). The first kappa shape index (κ1) is 33.8. The zero-order valence-corrected chi connectivity index (χ0v) is 18.3. The second-order valence-corrected chi connectivity index (χ2v) is 7.70. The molecule has 0 radical (unpaired) electrons. The Morgan fingerprint density at radius 3 is 1.32 bits per heavy atom. The van der Waals surface area contributed by atoms with Gasteiger partial charge < -0.3 is 10.2 Å². The minimum Gasteiger partial charge on any atom is -0.0654 e. The molecule has 2 N–H and O–H groups in total. The molecule has 0 spiro atoms. The number of carboxylic acids is 2. The molecule has 1 atom stereocenters. The second kappa shape index (κ2) is 28.2. The van der Waals surface area contributed by atoms with E-state index in [0.717, 1.165) is 5.92 Å². The SMILES string of the molecule is O=C(O)CC(=O)O.[KH].[Li][CH2]C(CCCCC)CCCCCCCCCCCC. The molecule has 0 aromatic rings. The minimum atomic E-state index is -1.31. The topological polar surface area (TPSA) is 74.6 Å². The van der Waals surface area contributed by atoms with Crippen molar-refractivity contribution in [2.45, 2.75) is 122 Å². The van der Waals surface area contributed by atoms with Crippen molar-refractivity contribution in [2.75, 3.05) is 0 Å². The number of carbonyl (C=O) groups is 2. The Bertz CT molecular complexity index is 328. The van der Waals surface area contributed by atoms with E-state index in [1.165, 1.54) is 101 Å². The van der Waals surface area contributed by atoms with Crippen LogP contribution in [0.4, 0.5) is 0 Å². The summed E-state index contributed by atoms with van der Waals surface area (Å²) in [5.41, 5.74) is 0. The summed E-state index contributed by atoms with van der Waals surface area (Å²) >= 11 is 2.38. The molecule has 0 amide bonds. The van der Waals surface area contributed by atoms with Crippen molar-refractivity contribution in [2.24, 2.45) is 5.92 Å². The average Bonchev–Trinajstić information content (AvgIpc) is 2.61. The molecule has 28 heavy (non-hydrogen) atoms. The molecular formula is C22H44KLiO4. The Morgan fingerprint density at radius 1 is 0.679 bits per heavy atom. The van der Waals surface area contributed by atoms with Crippen LogP contribution in [0.3, 0.4) is 0 Å². The molecule has 0 saturated carbocycles. The Balaban J connectivity index is -0.000000665. The molecule has 0 heterocycles. The van der Waals surface area contributed by atoms with Crippen LogP contribution < -0.4 is 0 Å². The van der Waals surface area contributed by atoms with Gasteiger partial charge in [-0.15, -0.1) is 0 Å². The number of hydrogen-bond acceptors (Lipinski definition) is 2. The van der Waals surface area contributed by atoms with Crippen molar-refractivity contribution < 1.29 is 19.8 Å². The summed E-state index contributed by atoms with van der Waals surface area (Å²) in [7, 11) is 0. The molecule has 1 unspecified atom stereocenters. The van der Waals surface area contributed by atoms with Crippen LogP contribution >= 0.6 is 0 Å². The van der Waals surface area contributed by atoms with E-state index in [9.17, 15) is 9.59 Å². The molecule has 0 fully saturated rings. The van der Waals surface area contributed by atoms with Gasteiger partial charge in [-0.1, -0.05) is 13.3 Å². The van der Waals surface area contributed by atoms with E-state index in [1.54, 1.807) is 0 Å². The summed E-state index contributed by atoms with van der Waals surface area (Å²) in [6.07, 6.45) is 21.1. The third-order valence-corrected chi connectivity index (χ3v) is 5.06. The van der Waals surface area contributed by atoms with Gasteiger partial charge in [0.15, 0.2) is 0 Å². The van der Waals surface area contributed by atoms with E-state index >= 15 is 0 Å². The standard InChI is InChI=1S/C19H39.C3H4O4.K.Li.H/c1-4-6-8-9-10-11-12-13-14-16-18-19(3)17-15-7-5-2;4-2(5)1-3(6)7;;;/h19H,3-18H2,1-2H3;1H2,(H,4,5)(H,6,7);;;. The number of unbranched alkanes of at least 4 members (excludes halogenated alkanes) is 11. The molecule has 0 bridgehead atoms. The van der Waals surface area contributed by atoms with Crippen molar-refractivity contribution in [1.29, 1.82) is 0 Å². The molecule has 158 valence electrons. The fourth-order valence-electron chi connectivity index (χ4n) is 3.29. The fourth-order valence-corrected chi connectivity index (χ4v) is 3.29. The molecule has 0 saturated heterocycles. The van der Waals surface area contributed by atoms with Gasteiger partial charge in [-0.2, -0.15) is 0 Å². The van der Waals surface area contributed by atoms with Gasteiger partial charge in [0, 0.05) is 0 Å². The molecule has 6 heteroatoms. The fraction of sp³-hybridized carbons (Fsp3) is 0.909. The summed E-state index contributed by atoms with van der Waals surface area (Å²) in [4.78, 5) is 18.9. The molecule has 0 aliphatic rings. The number of hydrogen-bond donors (Lipinski definition) is 2. The van der Waals surface area contributed by atoms with Crippen molar-refractivity contribution in [3.63, 3.8) is 0 Å². The van der Waals surface area contributed by atoms with Gasteiger partial charge in [0.2, 0.25) is 0 Å². The summed E-state index contributed by atoms with van der Waals surface area (Å²) < 4.78 is 0. The zero-order valence-electron chi connectivity index (χ0n) is 18.3. The maximum absolute atomic E-state index is 9.43. The molecule has 0 aromatic heterocycles. The van der Waals surface area contributed by atoms with E-state index in [0.29, 0.717) is 0 Å². The third kappa shape index (κ3) is 31.9. The summed E-state index contributed by atoms with van der Waals surface area (Å²) in [6.45, 7) is 4.61. The van der Waals surface area contributed by atoms with E-state index in [2.05, 4.69) is 31.6 Å².